The molecule has 4 heteroatoms. The summed E-state index contributed by atoms with van der Waals surface area (Å²) in [6, 6.07) is 0. The predicted molar refractivity (Wildman–Crippen MR) is 95.1 cm³/mol. The van der Waals surface area contributed by atoms with Crippen molar-refractivity contribution >= 4 is 11.9 Å². The van der Waals surface area contributed by atoms with Crippen molar-refractivity contribution in [3.8, 4) is 23.7 Å². The number of carbonyl (C=O) groups is 2. The molecule has 0 bridgehead atoms. The second-order valence-corrected chi connectivity index (χ2v) is 5.53. The molecule has 0 amide bonds. The van der Waals surface area contributed by atoms with Crippen LogP contribution in [0.2, 0.25) is 0 Å². The summed E-state index contributed by atoms with van der Waals surface area (Å²) < 4.78 is 5.25. The fourth-order valence-electron chi connectivity index (χ4n) is 2.02. The molecule has 0 aromatic carbocycles. The number of ether oxygens (including phenoxy) is 1. The van der Waals surface area contributed by atoms with E-state index in [-0.39, 0.29) is 18.5 Å². The predicted octanol–water partition coefficient (Wildman–Crippen LogP) is 4.10. The van der Waals surface area contributed by atoms with Crippen LogP contribution in [-0.4, -0.2) is 23.1 Å². The Morgan fingerprint density at radius 1 is 1.12 bits per heavy atom. The molecule has 0 aromatic heterocycles. The zero-order chi connectivity index (χ0) is 18.0. The molecule has 1 N–H and O–H groups in total. The molecule has 4 nitrogen and oxygen atoms in total. The van der Waals surface area contributed by atoms with Crippen LogP contribution in [0.25, 0.3) is 0 Å². The molecule has 1 atom stereocenters. The summed E-state index contributed by atoms with van der Waals surface area (Å²) in [4.78, 5) is 21.5. The van der Waals surface area contributed by atoms with Gasteiger partial charge in [-0.25, -0.2) is 0 Å². The van der Waals surface area contributed by atoms with Crippen molar-refractivity contribution in [2.24, 2.45) is 0 Å². The van der Waals surface area contributed by atoms with Gasteiger partial charge in [-0.1, -0.05) is 38.0 Å². The smallest absolute Gasteiger partial charge is 0.303 e. The highest BCUT2D eigenvalue weighted by Gasteiger charge is 2.07. The van der Waals surface area contributed by atoms with Crippen molar-refractivity contribution in [1.29, 1.82) is 0 Å². The summed E-state index contributed by atoms with van der Waals surface area (Å²) in [7, 11) is 0. The average molecular weight is 332 g/mol. The first-order valence-electron chi connectivity index (χ1n) is 8.60. The van der Waals surface area contributed by atoms with Gasteiger partial charge < -0.3 is 9.84 Å². The third-order valence-electron chi connectivity index (χ3n) is 3.19. The number of carbonyl (C=O) groups excluding carboxylic acids is 1. The van der Waals surface area contributed by atoms with Crippen molar-refractivity contribution in [1.82, 2.24) is 0 Å². The van der Waals surface area contributed by atoms with E-state index in [0.717, 1.165) is 51.4 Å². The lowest BCUT2D eigenvalue weighted by atomic mass is 10.1. The van der Waals surface area contributed by atoms with Crippen LogP contribution in [0.1, 0.15) is 71.6 Å². The highest BCUT2D eigenvalue weighted by atomic mass is 16.5. The fraction of sp³-hybridized carbons (Fsp3) is 0.600. The third kappa shape index (κ3) is 16.2. The zero-order valence-electron chi connectivity index (χ0n) is 14.8. The monoisotopic (exact) mass is 332 g/mol. The molecular weight excluding hydrogens is 304 g/mol. The van der Waals surface area contributed by atoms with E-state index < -0.39 is 5.97 Å². The Morgan fingerprint density at radius 2 is 1.83 bits per heavy atom. The van der Waals surface area contributed by atoms with Gasteiger partial charge in [0, 0.05) is 19.8 Å². The van der Waals surface area contributed by atoms with E-state index in [9.17, 15) is 9.59 Å². The molecule has 0 radical (unpaired) electrons. The topological polar surface area (TPSA) is 63.6 Å². The number of hydrogen-bond acceptors (Lipinski definition) is 3. The van der Waals surface area contributed by atoms with Crippen molar-refractivity contribution in [3.05, 3.63) is 12.2 Å². The first-order chi connectivity index (χ1) is 11.6. The first kappa shape index (κ1) is 21.8. The molecular formula is C20H28O4. The van der Waals surface area contributed by atoms with Crippen LogP contribution in [0, 0.1) is 23.7 Å². The Labute approximate surface area is 145 Å². The largest absolute Gasteiger partial charge is 0.481 e. The summed E-state index contributed by atoms with van der Waals surface area (Å²) in [5, 5.41) is 8.56. The second-order valence-electron chi connectivity index (χ2n) is 5.53. The molecule has 0 aromatic rings. The van der Waals surface area contributed by atoms with Gasteiger partial charge in [-0.3, -0.25) is 9.59 Å². The standard InChI is InChI=1S/C20H28O4/c1-3-4-5-6-7-9-12-15-19(24-18(2)21)16-13-10-8-11-14-17-20(22)23/h12,15,19H,3-4,8,10-11,13-14,16-17H2,1-2H3,(H,22,23)/b15-12+/t19-/m1/s1. The Morgan fingerprint density at radius 3 is 2.50 bits per heavy atom. The first-order valence-corrected chi connectivity index (χ1v) is 8.60. The molecule has 0 aliphatic carbocycles. The maximum absolute atomic E-state index is 11.1. The van der Waals surface area contributed by atoms with Crippen LogP contribution in [0.3, 0.4) is 0 Å². The van der Waals surface area contributed by atoms with E-state index in [1.54, 1.807) is 12.2 Å². The molecule has 0 saturated carbocycles. The Hall–Kier alpha value is -2.20. The maximum atomic E-state index is 11.1. The van der Waals surface area contributed by atoms with Crippen molar-refractivity contribution in [2.45, 2.75) is 77.7 Å². The van der Waals surface area contributed by atoms with Gasteiger partial charge in [-0.05, 0) is 49.7 Å². The molecule has 0 aliphatic rings. The van der Waals surface area contributed by atoms with E-state index >= 15 is 0 Å². The van der Waals surface area contributed by atoms with Crippen LogP contribution in [0.15, 0.2) is 12.2 Å². The minimum Gasteiger partial charge on any atom is -0.481 e. The SMILES string of the molecule is CCCC#CC#C/C=C/[C@H](CCCCCCCC(=O)O)OC(C)=O. The van der Waals surface area contributed by atoms with Crippen molar-refractivity contribution < 1.29 is 19.4 Å². The average Bonchev–Trinajstić information content (AvgIpc) is 2.52. The lowest BCUT2D eigenvalue weighted by Gasteiger charge is -2.12. The Balaban J connectivity index is 4.07. The van der Waals surface area contributed by atoms with Gasteiger partial charge >= 0.3 is 11.9 Å². The normalized spacial score (nSPS) is 11.1. The number of carboxylic acid groups (broad SMARTS) is 1. The molecule has 0 rings (SSSR count). The van der Waals surface area contributed by atoms with E-state index in [2.05, 4.69) is 30.6 Å². The molecule has 0 spiro atoms. The summed E-state index contributed by atoms with van der Waals surface area (Å²) in [6.45, 7) is 3.46. The minimum atomic E-state index is -0.740. The summed E-state index contributed by atoms with van der Waals surface area (Å²) in [5.74, 6) is 10.2. The maximum Gasteiger partial charge on any atom is 0.303 e. The van der Waals surface area contributed by atoms with E-state index in [4.69, 9.17) is 9.84 Å². The highest BCUT2D eigenvalue weighted by Crippen LogP contribution is 2.11. The van der Waals surface area contributed by atoms with Gasteiger partial charge in [0.05, 0.1) is 0 Å². The van der Waals surface area contributed by atoms with Gasteiger partial charge in [-0.15, -0.1) is 0 Å². The van der Waals surface area contributed by atoms with E-state index in [1.807, 2.05) is 0 Å². The third-order valence-corrected chi connectivity index (χ3v) is 3.19. The number of carboxylic acids is 1. The van der Waals surface area contributed by atoms with Crippen molar-refractivity contribution in [3.63, 3.8) is 0 Å². The number of aliphatic carboxylic acids is 1. The summed E-state index contributed by atoms with van der Waals surface area (Å²) in [5.41, 5.74) is 0. The Bertz CT molecular complexity index is 511. The number of hydrogen-bond donors (Lipinski definition) is 1. The summed E-state index contributed by atoms with van der Waals surface area (Å²) in [6.07, 6.45) is 10.6. The van der Waals surface area contributed by atoms with E-state index in [1.165, 1.54) is 6.92 Å². The number of esters is 1. The zero-order valence-corrected chi connectivity index (χ0v) is 14.8. The fourth-order valence-corrected chi connectivity index (χ4v) is 2.02. The van der Waals surface area contributed by atoms with Crippen LogP contribution in [0.5, 0.6) is 0 Å². The Kier molecular flexibility index (Phi) is 14.2. The molecule has 0 unspecified atom stereocenters. The molecule has 132 valence electrons. The summed E-state index contributed by atoms with van der Waals surface area (Å²) >= 11 is 0. The van der Waals surface area contributed by atoms with Gasteiger partial charge in [0.2, 0.25) is 0 Å². The van der Waals surface area contributed by atoms with Crippen LogP contribution >= 0.6 is 0 Å². The molecule has 0 heterocycles. The van der Waals surface area contributed by atoms with Crippen LogP contribution < -0.4 is 0 Å². The molecule has 0 saturated heterocycles. The molecule has 24 heavy (non-hydrogen) atoms. The number of allylic oxidation sites excluding steroid dienone is 1. The lowest BCUT2D eigenvalue weighted by molar-refractivity contribution is -0.144. The second kappa shape index (κ2) is 15.7. The quantitative estimate of drug-likeness (QED) is 0.351. The highest BCUT2D eigenvalue weighted by molar-refractivity contribution is 5.66. The molecule has 0 aliphatic heterocycles. The number of unbranched alkanes of at least 4 members (excludes halogenated alkanes) is 5. The van der Waals surface area contributed by atoms with E-state index in [0.29, 0.717) is 0 Å². The minimum absolute atomic E-state index is 0.235. The van der Waals surface area contributed by atoms with Crippen LogP contribution in [-0.2, 0) is 14.3 Å². The lowest BCUT2D eigenvalue weighted by Crippen LogP contribution is -2.13. The van der Waals surface area contributed by atoms with Gasteiger partial charge in [0.25, 0.3) is 0 Å². The van der Waals surface area contributed by atoms with Crippen molar-refractivity contribution in [2.75, 3.05) is 0 Å². The van der Waals surface area contributed by atoms with Gasteiger partial charge in [0.1, 0.15) is 6.10 Å². The van der Waals surface area contributed by atoms with Gasteiger partial charge in [0.15, 0.2) is 0 Å². The van der Waals surface area contributed by atoms with Crippen LogP contribution in [0.4, 0.5) is 0 Å². The van der Waals surface area contributed by atoms with Gasteiger partial charge in [-0.2, -0.15) is 0 Å². The molecule has 0 fully saturated rings. The number of rotatable bonds is 11.